The fourth-order valence-corrected chi connectivity index (χ4v) is 7.04. The van der Waals surface area contributed by atoms with Gasteiger partial charge < -0.3 is 5.32 Å². The van der Waals surface area contributed by atoms with E-state index < -0.39 is 0 Å². The van der Waals surface area contributed by atoms with Gasteiger partial charge in [0.1, 0.15) is 0 Å². The number of aryl methyl sites for hydroxylation is 1. The Kier molecular flexibility index (Phi) is 5.42. The van der Waals surface area contributed by atoms with Gasteiger partial charge in [0.25, 0.3) is 0 Å². The molecule has 1 aromatic carbocycles. The van der Waals surface area contributed by atoms with Crippen LogP contribution in [0.5, 0.6) is 0 Å². The molecule has 0 aromatic heterocycles. The number of anilines is 1. The summed E-state index contributed by atoms with van der Waals surface area (Å²) in [5, 5.41) is 3.31. The second kappa shape index (κ2) is 7.60. The number of hydrogen-bond donors (Lipinski definition) is 1. The van der Waals surface area contributed by atoms with Crippen molar-refractivity contribution in [2.75, 3.05) is 5.32 Å². The Hall–Kier alpha value is -1.57. The average molecular weight is 394 g/mol. The number of allylic oxidation sites excluding steroid dienone is 2. The molecule has 2 fully saturated rings. The third-order valence-corrected chi connectivity index (χ3v) is 9.01. The van der Waals surface area contributed by atoms with Crippen molar-refractivity contribution in [3.05, 3.63) is 41.5 Å². The highest BCUT2D eigenvalue weighted by Crippen LogP contribution is 2.63. The summed E-state index contributed by atoms with van der Waals surface area (Å²) in [6.07, 6.45) is 11.0. The molecule has 3 aliphatic rings. The lowest BCUT2D eigenvalue weighted by Gasteiger charge is -2.58. The van der Waals surface area contributed by atoms with Gasteiger partial charge in [-0.2, -0.15) is 0 Å². The molecule has 1 N–H and O–H groups in total. The van der Waals surface area contributed by atoms with Crippen LogP contribution < -0.4 is 5.32 Å². The first-order valence-electron chi connectivity index (χ1n) is 11.8. The van der Waals surface area contributed by atoms with E-state index in [0.717, 1.165) is 35.9 Å². The molecule has 0 aliphatic heterocycles. The van der Waals surface area contributed by atoms with Crippen LogP contribution in [0.1, 0.15) is 78.2 Å². The Bertz CT molecular complexity index is 809. The smallest absolute Gasteiger partial charge is 0.230 e. The molecule has 3 aliphatic carbocycles. The molecule has 1 unspecified atom stereocenters. The van der Waals surface area contributed by atoms with Crippen LogP contribution in [0.3, 0.4) is 0 Å². The normalized spacial score (nSPS) is 36.8. The minimum Gasteiger partial charge on any atom is -0.325 e. The minimum absolute atomic E-state index is 0.232. The van der Waals surface area contributed by atoms with Crippen LogP contribution >= 0.6 is 0 Å². The lowest BCUT2D eigenvalue weighted by atomic mass is 9.46. The van der Waals surface area contributed by atoms with E-state index in [1.54, 1.807) is 5.57 Å². The van der Waals surface area contributed by atoms with Gasteiger partial charge in [-0.3, -0.25) is 4.79 Å². The molecule has 0 saturated heterocycles. The third-order valence-electron chi connectivity index (χ3n) is 9.01. The number of hydrogen-bond acceptors (Lipinski definition) is 1. The van der Waals surface area contributed by atoms with Gasteiger partial charge in [-0.1, -0.05) is 64.0 Å². The standard InChI is InChI=1S/C27H39NO/c1-18(2)20-11-13-22-21(17-20)12-14-24-26(22,4)15-8-16-27(24,5)25(29)28-23-10-7-6-9-19(23)3/h6-7,9-10,12,18,20,22,24H,8,11,13-17H2,1-5H3,(H,28,29)/t20?,22-,24+,26+,27+/m0/s1. The average Bonchev–Trinajstić information content (AvgIpc) is 2.69. The van der Waals surface area contributed by atoms with Gasteiger partial charge in [0, 0.05) is 5.69 Å². The quantitative estimate of drug-likeness (QED) is 0.543. The summed E-state index contributed by atoms with van der Waals surface area (Å²) in [5.74, 6) is 2.98. The molecule has 0 heterocycles. The van der Waals surface area contributed by atoms with Crippen molar-refractivity contribution in [2.24, 2.45) is 34.5 Å². The Morgan fingerprint density at radius 1 is 1.14 bits per heavy atom. The topological polar surface area (TPSA) is 29.1 Å². The number of benzene rings is 1. The molecular formula is C27H39NO. The molecular weight excluding hydrogens is 354 g/mol. The van der Waals surface area contributed by atoms with Crippen molar-refractivity contribution < 1.29 is 4.79 Å². The second-order valence-corrected chi connectivity index (χ2v) is 11.0. The monoisotopic (exact) mass is 393 g/mol. The molecule has 0 bridgehead atoms. The van der Waals surface area contributed by atoms with Crippen LogP contribution in [0, 0.1) is 41.4 Å². The van der Waals surface area contributed by atoms with Gasteiger partial charge in [-0.05, 0) is 86.2 Å². The van der Waals surface area contributed by atoms with E-state index in [9.17, 15) is 4.79 Å². The number of fused-ring (bicyclic) bond motifs is 3. The van der Waals surface area contributed by atoms with Gasteiger partial charge in [0.2, 0.25) is 5.91 Å². The summed E-state index contributed by atoms with van der Waals surface area (Å²) in [6, 6.07) is 8.15. The maximum absolute atomic E-state index is 13.6. The molecule has 0 spiro atoms. The number of para-hydroxylation sites is 1. The zero-order chi connectivity index (χ0) is 20.8. The molecule has 2 saturated carbocycles. The Morgan fingerprint density at radius 3 is 2.62 bits per heavy atom. The molecule has 1 amide bonds. The van der Waals surface area contributed by atoms with Gasteiger partial charge >= 0.3 is 0 Å². The van der Waals surface area contributed by atoms with Gasteiger partial charge in [-0.15, -0.1) is 0 Å². The molecule has 0 radical (unpaired) electrons. The van der Waals surface area contributed by atoms with E-state index in [2.05, 4.69) is 52.1 Å². The zero-order valence-electron chi connectivity index (χ0n) is 19.1. The molecule has 5 atom stereocenters. The first-order valence-corrected chi connectivity index (χ1v) is 11.8. The summed E-state index contributed by atoms with van der Waals surface area (Å²) >= 11 is 0. The maximum atomic E-state index is 13.6. The van der Waals surface area contributed by atoms with E-state index in [1.165, 1.54) is 32.1 Å². The fourth-order valence-electron chi connectivity index (χ4n) is 7.04. The zero-order valence-corrected chi connectivity index (χ0v) is 19.1. The largest absolute Gasteiger partial charge is 0.325 e. The maximum Gasteiger partial charge on any atom is 0.230 e. The lowest BCUT2D eigenvalue weighted by molar-refractivity contribution is -0.139. The summed E-state index contributed by atoms with van der Waals surface area (Å²) in [6.45, 7) is 11.6. The highest BCUT2D eigenvalue weighted by molar-refractivity contribution is 5.96. The number of amides is 1. The van der Waals surface area contributed by atoms with Crippen LogP contribution in [-0.2, 0) is 4.79 Å². The van der Waals surface area contributed by atoms with Crippen molar-refractivity contribution in [1.82, 2.24) is 0 Å². The van der Waals surface area contributed by atoms with Crippen LogP contribution in [0.2, 0.25) is 0 Å². The third kappa shape index (κ3) is 3.47. The van der Waals surface area contributed by atoms with Crippen molar-refractivity contribution >= 4 is 11.6 Å². The molecule has 158 valence electrons. The molecule has 2 nitrogen and oxygen atoms in total. The van der Waals surface area contributed by atoms with E-state index >= 15 is 0 Å². The highest BCUT2D eigenvalue weighted by atomic mass is 16.2. The molecule has 2 heteroatoms. The lowest BCUT2D eigenvalue weighted by Crippen LogP contribution is -2.54. The van der Waals surface area contributed by atoms with Crippen molar-refractivity contribution in [3.63, 3.8) is 0 Å². The van der Waals surface area contributed by atoms with Gasteiger partial charge in [0.15, 0.2) is 0 Å². The van der Waals surface area contributed by atoms with Crippen LogP contribution in [0.25, 0.3) is 0 Å². The van der Waals surface area contributed by atoms with E-state index in [1.807, 2.05) is 18.2 Å². The summed E-state index contributed by atoms with van der Waals surface area (Å²) in [4.78, 5) is 13.6. The number of nitrogens with one attached hydrogen (secondary N) is 1. The Balaban J connectivity index is 1.61. The number of carbonyl (C=O) groups excluding carboxylic acids is 1. The minimum atomic E-state index is -0.286. The summed E-state index contributed by atoms with van der Waals surface area (Å²) in [7, 11) is 0. The highest BCUT2D eigenvalue weighted by Gasteiger charge is 2.57. The Labute approximate surface area is 177 Å². The molecule has 4 rings (SSSR count). The van der Waals surface area contributed by atoms with E-state index in [0.29, 0.717) is 11.8 Å². The SMILES string of the molecule is Cc1ccccc1NC(=O)[C@]1(C)CCC[C@@]2(C)[C@H]1CC=C1CC(C(C)C)CC[C@@H]12. The molecule has 29 heavy (non-hydrogen) atoms. The van der Waals surface area contributed by atoms with Crippen LogP contribution in [-0.4, -0.2) is 5.91 Å². The van der Waals surface area contributed by atoms with E-state index in [4.69, 9.17) is 0 Å². The fraction of sp³-hybridized carbons (Fsp3) is 0.667. The number of carbonyl (C=O) groups is 1. The predicted molar refractivity (Wildman–Crippen MR) is 122 cm³/mol. The number of rotatable bonds is 3. The molecule has 1 aromatic rings. The predicted octanol–water partition coefficient (Wildman–Crippen LogP) is 7.15. The first-order chi connectivity index (χ1) is 13.8. The second-order valence-electron chi connectivity index (χ2n) is 11.0. The van der Waals surface area contributed by atoms with Gasteiger partial charge in [0.05, 0.1) is 5.41 Å². The van der Waals surface area contributed by atoms with Crippen molar-refractivity contribution in [1.29, 1.82) is 0 Å². The van der Waals surface area contributed by atoms with Crippen LogP contribution in [0.4, 0.5) is 5.69 Å². The van der Waals surface area contributed by atoms with Crippen LogP contribution in [0.15, 0.2) is 35.9 Å². The summed E-state index contributed by atoms with van der Waals surface area (Å²) < 4.78 is 0. The van der Waals surface area contributed by atoms with Crippen molar-refractivity contribution in [2.45, 2.75) is 79.6 Å². The first kappa shape index (κ1) is 20.7. The summed E-state index contributed by atoms with van der Waals surface area (Å²) in [5.41, 5.74) is 3.81. The Morgan fingerprint density at radius 2 is 1.90 bits per heavy atom. The van der Waals surface area contributed by atoms with Crippen molar-refractivity contribution in [3.8, 4) is 0 Å². The van der Waals surface area contributed by atoms with Gasteiger partial charge in [-0.25, -0.2) is 0 Å². The van der Waals surface area contributed by atoms with E-state index in [-0.39, 0.29) is 16.7 Å².